The Labute approximate surface area is 120 Å². The van der Waals surface area contributed by atoms with E-state index in [0.29, 0.717) is 24.4 Å². The molecule has 0 unspecified atom stereocenters. The molecule has 106 valence electrons. The first-order valence-corrected chi connectivity index (χ1v) is 7.01. The predicted molar refractivity (Wildman–Crippen MR) is 77.7 cm³/mol. The topological polar surface area (TPSA) is 64.3 Å². The Morgan fingerprint density at radius 3 is 2.85 bits per heavy atom. The fourth-order valence-electron chi connectivity index (χ4n) is 1.68. The van der Waals surface area contributed by atoms with Crippen LogP contribution in [-0.2, 0) is 6.54 Å². The minimum atomic E-state index is -0.445. The molecule has 6 heteroatoms. The van der Waals surface area contributed by atoms with Crippen molar-refractivity contribution < 1.29 is 13.9 Å². The van der Waals surface area contributed by atoms with E-state index in [9.17, 15) is 9.18 Å². The summed E-state index contributed by atoms with van der Waals surface area (Å²) in [5, 5.41) is 4.79. The fourth-order valence-corrected chi connectivity index (χ4v) is 2.49. The normalized spacial score (nSPS) is 10.3. The summed E-state index contributed by atoms with van der Waals surface area (Å²) in [6.07, 6.45) is 0. The van der Waals surface area contributed by atoms with Gasteiger partial charge in [0.2, 0.25) is 5.91 Å². The van der Waals surface area contributed by atoms with Crippen molar-refractivity contribution in [2.75, 3.05) is 11.9 Å². The minimum absolute atomic E-state index is 0.241. The maximum absolute atomic E-state index is 13.6. The van der Waals surface area contributed by atoms with Gasteiger partial charge in [0.15, 0.2) is 11.6 Å². The first-order chi connectivity index (χ1) is 9.60. The SMILES string of the molecule is CCOc1ccc(NCc2cc(C(N)=O)cs2)cc1F. The Morgan fingerprint density at radius 2 is 2.25 bits per heavy atom. The summed E-state index contributed by atoms with van der Waals surface area (Å²) in [7, 11) is 0. The van der Waals surface area contributed by atoms with Gasteiger partial charge in [0.1, 0.15) is 0 Å². The first kappa shape index (κ1) is 14.3. The number of halogens is 1. The average molecular weight is 294 g/mol. The van der Waals surface area contributed by atoms with Gasteiger partial charge in [-0.15, -0.1) is 11.3 Å². The summed E-state index contributed by atoms with van der Waals surface area (Å²) in [4.78, 5) is 11.9. The summed E-state index contributed by atoms with van der Waals surface area (Å²) in [6.45, 7) is 2.73. The number of hydrogen-bond acceptors (Lipinski definition) is 4. The van der Waals surface area contributed by atoms with Crippen LogP contribution in [0.1, 0.15) is 22.2 Å². The molecule has 0 radical (unpaired) electrons. The number of anilines is 1. The second kappa shape index (κ2) is 6.38. The highest BCUT2D eigenvalue weighted by Crippen LogP contribution is 2.22. The number of nitrogens with two attached hydrogens (primary N) is 1. The van der Waals surface area contributed by atoms with Crippen LogP contribution in [0.5, 0.6) is 5.75 Å². The van der Waals surface area contributed by atoms with Crippen molar-refractivity contribution in [2.24, 2.45) is 5.73 Å². The number of carbonyl (C=O) groups is 1. The summed E-state index contributed by atoms with van der Waals surface area (Å²) in [6, 6.07) is 6.44. The lowest BCUT2D eigenvalue weighted by Gasteiger charge is -2.08. The largest absolute Gasteiger partial charge is 0.491 e. The summed E-state index contributed by atoms with van der Waals surface area (Å²) in [5.41, 5.74) is 6.33. The Bertz CT molecular complexity index is 613. The van der Waals surface area contributed by atoms with Crippen LogP contribution < -0.4 is 15.8 Å². The van der Waals surface area contributed by atoms with Crippen molar-refractivity contribution in [1.29, 1.82) is 0 Å². The smallest absolute Gasteiger partial charge is 0.249 e. The zero-order valence-corrected chi connectivity index (χ0v) is 11.8. The number of nitrogens with one attached hydrogen (secondary N) is 1. The van der Waals surface area contributed by atoms with Gasteiger partial charge in [-0.05, 0) is 25.1 Å². The molecule has 2 rings (SSSR count). The molecule has 0 bridgehead atoms. The second-order valence-corrected chi connectivity index (χ2v) is 5.09. The molecule has 1 aromatic carbocycles. The van der Waals surface area contributed by atoms with Crippen molar-refractivity contribution in [3.05, 3.63) is 45.9 Å². The maximum Gasteiger partial charge on any atom is 0.249 e. The fraction of sp³-hybridized carbons (Fsp3) is 0.214. The van der Waals surface area contributed by atoms with Crippen LogP contribution in [0.2, 0.25) is 0 Å². The molecule has 0 fully saturated rings. The molecule has 1 heterocycles. The van der Waals surface area contributed by atoms with Crippen molar-refractivity contribution in [1.82, 2.24) is 0 Å². The lowest BCUT2D eigenvalue weighted by atomic mass is 10.2. The van der Waals surface area contributed by atoms with Gasteiger partial charge in [-0.1, -0.05) is 0 Å². The molecule has 0 saturated heterocycles. The Hall–Kier alpha value is -2.08. The zero-order chi connectivity index (χ0) is 14.5. The molecular formula is C14H15FN2O2S. The molecule has 4 nitrogen and oxygen atoms in total. The molecule has 3 N–H and O–H groups in total. The quantitative estimate of drug-likeness (QED) is 0.861. The zero-order valence-electron chi connectivity index (χ0n) is 11.0. The van der Waals surface area contributed by atoms with E-state index in [-0.39, 0.29) is 5.75 Å². The van der Waals surface area contributed by atoms with E-state index in [2.05, 4.69) is 5.32 Å². The third-order valence-corrected chi connectivity index (χ3v) is 3.57. The number of rotatable bonds is 6. The highest BCUT2D eigenvalue weighted by molar-refractivity contribution is 7.10. The van der Waals surface area contributed by atoms with Crippen LogP contribution in [-0.4, -0.2) is 12.5 Å². The number of carbonyl (C=O) groups excluding carboxylic acids is 1. The predicted octanol–water partition coefficient (Wildman–Crippen LogP) is 3.00. The summed E-state index contributed by atoms with van der Waals surface area (Å²) in [5.74, 6) is -0.606. The second-order valence-electron chi connectivity index (χ2n) is 4.10. The number of hydrogen-bond donors (Lipinski definition) is 2. The Balaban J connectivity index is 1.99. The van der Waals surface area contributed by atoms with Crippen molar-refractivity contribution in [3.63, 3.8) is 0 Å². The molecule has 0 aliphatic heterocycles. The van der Waals surface area contributed by atoms with E-state index >= 15 is 0 Å². The minimum Gasteiger partial charge on any atom is -0.491 e. The highest BCUT2D eigenvalue weighted by atomic mass is 32.1. The molecule has 0 aliphatic rings. The summed E-state index contributed by atoms with van der Waals surface area (Å²) >= 11 is 1.43. The number of amides is 1. The Kier molecular flexibility index (Phi) is 4.57. The van der Waals surface area contributed by atoms with Crippen LogP contribution in [0, 0.1) is 5.82 Å². The lowest BCUT2D eigenvalue weighted by Crippen LogP contribution is -2.09. The van der Waals surface area contributed by atoms with Gasteiger partial charge in [-0.25, -0.2) is 4.39 Å². The number of primary amides is 1. The van der Waals surface area contributed by atoms with E-state index < -0.39 is 11.7 Å². The standard InChI is InChI=1S/C14H15FN2O2S/c1-2-19-13-4-3-10(6-12(13)15)17-7-11-5-9(8-20-11)14(16)18/h3-6,8,17H,2,7H2,1H3,(H2,16,18). The monoisotopic (exact) mass is 294 g/mol. The van der Waals surface area contributed by atoms with E-state index in [1.165, 1.54) is 17.4 Å². The molecule has 0 spiro atoms. The first-order valence-electron chi connectivity index (χ1n) is 6.13. The average Bonchev–Trinajstić information content (AvgIpc) is 2.88. The number of thiophene rings is 1. The number of ether oxygens (including phenoxy) is 1. The molecule has 20 heavy (non-hydrogen) atoms. The van der Waals surface area contributed by atoms with Gasteiger partial charge < -0.3 is 15.8 Å². The van der Waals surface area contributed by atoms with E-state index in [4.69, 9.17) is 10.5 Å². The van der Waals surface area contributed by atoms with E-state index in [0.717, 1.165) is 4.88 Å². The van der Waals surface area contributed by atoms with Crippen LogP contribution in [0.3, 0.4) is 0 Å². The number of benzene rings is 1. The molecule has 0 atom stereocenters. The van der Waals surface area contributed by atoms with E-state index in [1.54, 1.807) is 30.5 Å². The van der Waals surface area contributed by atoms with Crippen LogP contribution in [0.15, 0.2) is 29.6 Å². The van der Waals surface area contributed by atoms with E-state index in [1.807, 2.05) is 0 Å². The van der Waals surface area contributed by atoms with Gasteiger partial charge >= 0.3 is 0 Å². The van der Waals surface area contributed by atoms with Crippen LogP contribution >= 0.6 is 11.3 Å². The molecular weight excluding hydrogens is 279 g/mol. The molecule has 2 aromatic rings. The molecule has 1 amide bonds. The maximum atomic E-state index is 13.6. The van der Waals surface area contributed by atoms with Crippen molar-refractivity contribution >= 4 is 22.9 Å². The van der Waals surface area contributed by atoms with Crippen LogP contribution in [0.25, 0.3) is 0 Å². The lowest BCUT2D eigenvalue weighted by molar-refractivity contribution is 0.100. The van der Waals surface area contributed by atoms with Crippen molar-refractivity contribution in [2.45, 2.75) is 13.5 Å². The third kappa shape index (κ3) is 3.48. The van der Waals surface area contributed by atoms with Gasteiger partial charge in [0, 0.05) is 28.6 Å². The van der Waals surface area contributed by atoms with Gasteiger partial charge in [-0.3, -0.25) is 4.79 Å². The van der Waals surface area contributed by atoms with Crippen LogP contribution in [0.4, 0.5) is 10.1 Å². The molecule has 0 aliphatic carbocycles. The third-order valence-electron chi connectivity index (χ3n) is 2.64. The molecule has 0 saturated carbocycles. The van der Waals surface area contributed by atoms with Gasteiger partial charge in [0.05, 0.1) is 12.2 Å². The summed E-state index contributed by atoms with van der Waals surface area (Å²) < 4.78 is 18.8. The molecule has 1 aromatic heterocycles. The van der Waals surface area contributed by atoms with Gasteiger partial charge in [0.25, 0.3) is 0 Å². The highest BCUT2D eigenvalue weighted by Gasteiger charge is 2.06. The van der Waals surface area contributed by atoms with Crippen molar-refractivity contribution in [3.8, 4) is 5.75 Å². The Morgan fingerprint density at radius 1 is 1.45 bits per heavy atom. The van der Waals surface area contributed by atoms with Gasteiger partial charge in [-0.2, -0.15) is 0 Å².